The van der Waals surface area contributed by atoms with Gasteiger partial charge in [-0.1, -0.05) is 96.5 Å². The zero-order valence-electron chi connectivity index (χ0n) is 33.2. The number of nitrogens with zero attached hydrogens (tertiary/aromatic N) is 4. The van der Waals surface area contributed by atoms with Gasteiger partial charge in [-0.15, -0.1) is 0 Å². The van der Waals surface area contributed by atoms with E-state index in [2.05, 4.69) is 25.4 Å². The number of hydrogen-bond acceptors (Lipinski definition) is 6. The Morgan fingerprint density at radius 2 is 1.63 bits per heavy atom. The lowest BCUT2D eigenvalue weighted by atomic mass is 9.94. The number of nitrogens with one attached hydrogen (secondary N) is 3. The lowest BCUT2D eigenvalue weighted by Gasteiger charge is -2.42. The van der Waals surface area contributed by atoms with Crippen LogP contribution in [0.3, 0.4) is 0 Å². The van der Waals surface area contributed by atoms with Gasteiger partial charge in [0.2, 0.25) is 0 Å². The molecular formula is C46H48Cl3N7O3. The molecule has 306 valence electrons. The molecule has 0 spiro atoms. The number of anilines is 2. The summed E-state index contributed by atoms with van der Waals surface area (Å²) < 4.78 is 7.21. The van der Waals surface area contributed by atoms with Crippen molar-refractivity contribution in [2.24, 2.45) is 0 Å². The average Bonchev–Trinajstić information content (AvgIpc) is 3.86. The SMILES string of the molecule is COCCNC(=O)c1ccc(N2CCN(C3CCCCC3)CC2)c(NC(=O)c2[nH]c3cc(Cl)ccc3c2-c2c(-c3ccccc3)ncn2[C@@H](C)c2ccc(Cl)cc2Cl)c1. The number of halogens is 3. The van der Waals surface area contributed by atoms with E-state index in [4.69, 9.17) is 44.5 Å². The van der Waals surface area contributed by atoms with Crippen LogP contribution in [0.4, 0.5) is 11.4 Å². The van der Waals surface area contributed by atoms with Gasteiger partial charge in [0.15, 0.2) is 0 Å². The highest BCUT2D eigenvalue weighted by atomic mass is 35.5. The highest BCUT2D eigenvalue weighted by Gasteiger charge is 2.30. The number of carbonyl (C=O) groups is 2. The minimum Gasteiger partial charge on any atom is -0.383 e. The molecule has 0 bridgehead atoms. The normalized spacial score (nSPS) is 15.7. The smallest absolute Gasteiger partial charge is 0.272 e. The molecule has 0 radical (unpaired) electrons. The molecule has 3 N–H and O–H groups in total. The predicted octanol–water partition coefficient (Wildman–Crippen LogP) is 10.4. The Balaban J connectivity index is 1.22. The van der Waals surface area contributed by atoms with Crippen molar-refractivity contribution in [2.75, 3.05) is 56.7 Å². The zero-order chi connectivity index (χ0) is 41.0. The number of carbonyl (C=O) groups excluding carboxylic acids is 2. The van der Waals surface area contributed by atoms with Gasteiger partial charge < -0.3 is 29.8 Å². The maximum atomic E-state index is 15.1. The van der Waals surface area contributed by atoms with Crippen molar-refractivity contribution in [1.29, 1.82) is 0 Å². The van der Waals surface area contributed by atoms with Gasteiger partial charge in [-0.25, -0.2) is 4.98 Å². The van der Waals surface area contributed by atoms with Gasteiger partial charge >= 0.3 is 0 Å². The van der Waals surface area contributed by atoms with Crippen LogP contribution in [-0.2, 0) is 4.74 Å². The van der Waals surface area contributed by atoms with E-state index >= 15 is 4.79 Å². The van der Waals surface area contributed by atoms with Crippen LogP contribution in [0.25, 0.3) is 33.4 Å². The zero-order valence-corrected chi connectivity index (χ0v) is 35.5. The van der Waals surface area contributed by atoms with Crippen molar-refractivity contribution in [1.82, 2.24) is 24.8 Å². The Bertz CT molecular complexity index is 2450. The molecule has 10 nitrogen and oxygen atoms in total. The molecule has 8 rings (SSSR count). The number of aromatic nitrogens is 3. The average molecular weight is 853 g/mol. The van der Waals surface area contributed by atoms with Gasteiger partial charge in [-0.05, 0) is 67.8 Å². The Kier molecular flexibility index (Phi) is 12.6. The van der Waals surface area contributed by atoms with Crippen LogP contribution in [0.5, 0.6) is 0 Å². The molecule has 2 aromatic heterocycles. The van der Waals surface area contributed by atoms with Crippen LogP contribution in [0.15, 0.2) is 91.3 Å². The first-order valence-corrected chi connectivity index (χ1v) is 21.4. The molecular weight excluding hydrogens is 805 g/mol. The van der Waals surface area contributed by atoms with Gasteiger partial charge in [-0.3, -0.25) is 14.5 Å². The standard InChI is InChI=1S/C46H48Cl3N7O3/c1-29(35-16-14-32(47)26-37(35)49)56-28-51-42(30-9-5-3-6-10-30)44(56)41-36-17-15-33(48)27-38(36)52-43(41)46(58)53-39-25-31(45(57)50-19-24-59-2)13-18-40(39)55-22-20-54(21-23-55)34-11-7-4-8-12-34/h3,5-6,9-10,13-18,25-29,34,52H,4,7-8,11-12,19-24H2,1-2H3,(H,50,57)(H,53,58)/t29-/m0/s1. The molecule has 2 amide bonds. The fourth-order valence-electron chi connectivity index (χ4n) is 8.67. The van der Waals surface area contributed by atoms with Gasteiger partial charge in [-0.2, -0.15) is 0 Å². The number of piperazine rings is 1. The summed E-state index contributed by atoms with van der Waals surface area (Å²) in [6.45, 7) is 6.28. The van der Waals surface area contributed by atoms with Crippen LogP contribution in [0.2, 0.25) is 15.1 Å². The summed E-state index contributed by atoms with van der Waals surface area (Å²) in [5, 5.41) is 8.56. The number of benzene rings is 4. The highest BCUT2D eigenvalue weighted by molar-refractivity contribution is 6.35. The third kappa shape index (κ3) is 8.74. The minimum atomic E-state index is -0.379. The Morgan fingerprint density at radius 1 is 0.881 bits per heavy atom. The Hall–Kier alpha value is -4.84. The largest absolute Gasteiger partial charge is 0.383 e. The first-order chi connectivity index (χ1) is 28.7. The summed E-state index contributed by atoms with van der Waals surface area (Å²) >= 11 is 19.7. The summed E-state index contributed by atoms with van der Waals surface area (Å²) in [6.07, 6.45) is 8.20. The third-order valence-corrected chi connectivity index (χ3v) is 12.5. The second-order valence-corrected chi connectivity index (χ2v) is 16.7. The van der Waals surface area contributed by atoms with Crippen LogP contribution >= 0.6 is 34.8 Å². The van der Waals surface area contributed by atoms with E-state index in [1.54, 1.807) is 25.6 Å². The van der Waals surface area contributed by atoms with Gasteiger partial charge in [0.25, 0.3) is 11.8 Å². The first kappa shape index (κ1) is 40.9. The second-order valence-electron chi connectivity index (χ2n) is 15.4. The molecule has 0 unspecified atom stereocenters. The Morgan fingerprint density at radius 3 is 2.37 bits per heavy atom. The number of imidazole rings is 1. The monoisotopic (exact) mass is 851 g/mol. The molecule has 3 heterocycles. The van der Waals surface area contributed by atoms with E-state index in [1.807, 2.05) is 84.3 Å². The second kappa shape index (κ2) is 18.2. The number of hydrogen-bond donors (Lipinski definition) is 3. The van der Waals surface area contributed by atoms with E-state index in [0.717, 1.165) is 54.1 Å². The van der Waals surface area contributed by atoms with Crippen LogP contribution in [0.1, 0.15) is 71.5 Å². The quantitative estimate of drug-likeness (QED) is 0.106. The summed E-state index contributed by atoms with van der Waals surface area (Å²) in [5.74, 6) is -0.631. The van der Waals surface area contributed by atoms with Crippen LogP contribution in [0, 0.1) is 0 Å². The summed E-state index contributed by atoms with van der Waals surface area (Å²) in [6, 6.07) is 26.8. The number of fused-ring (bicyclic) bond motifs is 1. The number of aromatic amines is 1. The third-order valence-electron chi connectivity index (χ3n) is 11.7. The van der Waals surface area contributed by atoms with Crippen LogP contribution < -0.4 is 15.5 Å². The molecule has 1 saturated heterocycles. The fourth-order valence-corrected chi connectivity index (χ4v) is 9.40. The fraction of sp³-hybridized carbons (Fsp3) is 0.326. The number of methoxy groups -OCH3 is 1. The van der Waals surface area contributed by atoms with Crippen molar-refractivity contribution in [3.8, 4) is 22.5 Å². The molecule has 6 aromatic rings. The molecule has 2 aliphatic rings. The molecule has 1 aliphatic carbocycles. The topological polar surface area (TPSA) is 108 Å². The molecule has 1 aliphatic heterocycles. The number of H-pyrrole nitrogens is 1. The van der Waals surface area contributed by atoms with Gasteiger partial charge in [0.05, 0.1) is 41.7 Å². The highest BCUT2D eigenvalue weighted by Crippen LogP contribution is 2.43. The lowest BCUT2D eigenvalue weighted by molar-refractivity contribution is 0.0936. The van der Waals surface area contributed by atoms with Gasteiger partial charge in [0.1, 0.15) is 5.69 Å². The molecule has 4 aromatic carbocycles. The van der Waals surface area contributed by atoms with Crippen molar-refractivity contribution in [3.63, 3.8) is 0 Å². The molecule has 1 saturated carbocycles. The number of amides is 2. The molecule has 13 heteroatoms. The van der Waals surface area contributed by atoms with E-state index < -0.39 is 0 Å². The predicted molar refractivity (Wildman–Crippen MR) is 240 cm³/mol. The van der Waals surface area contributed by atoms with Crippen molar-refractivity contribution < 1.29 is 14.3 Å². The van der Waals surface area contributed by atoms with Gasteiger partial charge in [0, 0.05) is 88.5 Å². The maximum absolute atomic E-state index is 15.1. The van der Waals surface area contributed by atoms with Crippen molar-refractivity contribution in [3.05, 3.63) is 123 Å². The maximum Gasteiger partial charge on any atom is 0.272 e. The lowest BCUT2D eigenvalue weighted by Crippen LogP contribution is -2.51. The first-order valence-electron chi connectivity index (χ1n) is 20.3. The van der Waals surface area contributed by atoms with Crippen LogP contribution in [-0.4, -0.2) is 83.7 Å². The van der Waals surface area contributed by atoms with Crippen molar-refractivity contribution >= 4 is 68.9 Å². The molecule has 59 heavy (non-hydrogen) atoms. The Labute approximate surface area is 359 Å². The minimum absolute atomic E-state index is 0.251. The summed E-state index contributed by atoms with van der Waals surface area (Å²) in [5.41, 5.74) is 6.63. The van der Waals surface area contributed by atoms with E-state index in [-0.39, 0.29) is 17.9 Å². The summed E-state index contributed by atoms with van der Waals surface area (Å²) in [7, 11) is 1.60. The van der Waals surface area contributed by atoms with E-state index in [9.17, 15) is 4.79 Å². The summed E-state index contributed by atoms with van der Waals surface area (Å²) in [4.78, 5) is 41.8. The molecule has 2 fully saturated rings. The number of rotatable bonds is 12. The number of ether oxygens (including phenoxy) is 1. The van der Waals surface area contributed by atoms with E-state index in [0.29, 0.717) is 68.0 Å². The van der Waals surface area contributed by atoms with E-state index in [1.165, 1.54) is 32.1 Å². The molecule has 1 atom stereocenters. The van der Waals surface area contributed by atoms with Crippen molar-refractivity contribution in [2.45, 2.75) is 51.1 Å².